The first-order chi connectivity index (χ1) is 11.5. The Hall–Kier alpha value is -2.31. The van der Waals surface area contributed by atoms with E-state index >= 15 is 0 Å². The Labute approximate surface area is 143 Å². The SMILES string of the molecule is C/C(Cc1ccc(S(=O)O)cc1)=N\OC(=O)CCc1ccccc1. The molecule has 2 rings (SSSR count). The van der Waals surface area contributed by atoms with Gasteiger partial charge < -0.3 is 9.39 Å². The Morgan fingerprint density at radius 3 is 2.38 bits per heavy atom. The van der Waals surface area contributed by atoms with Gasteiger partial charge in [-0.1, -0.05) is 47.6 Å². The number of oxime groups is 1. The number of benzene rings is 2. The molecule has 0 aliphatic carbocycles. The van der Waals surface area contributed by atoms with E-state index in [0.717, 1.165) is 11.1 Å². The molecule has 0 aliphatic heterocycles. The normalized spacial score (nSPS) is 12.7. The lowest BCUT2D eigenvalue weighted by molar-refractivity contribution is -0.143. The number of carbonyl (C=O) groups excluding carboxylic acids is 1. The van der Waals surface area contributed by atoms with Gasteiger partial charge in [-0.2, -0.15) is 0 Å². The van der Waals surface area contributed by atoms with E-state index in [1.165, 1.54) is 0 Å². The van der Waals surface area contributed by atoms with E-state index in [9.17, 15) is 9.00 Å². The quantitative estimate of drug-likeness (QED) is 0.361. The Bertz CT molecular complexity index is 726. The largest absolute Gasteiger partial charge is 0.335 e. The number of hydrogen-bond donors (Lipinski definition) is 1. The monoisotopic (exact) mass is 345 g/mol. The molecule has 0 bridgehead atoms. The van der Waals surface area contributed by atoms with Crippen LogP contribution in [0.1, 0.15) is 24.5 Å². The number of rotatable bonds is 7. The summed E-state index contributed by atoms with van der Waals surface area (Å²) in [5.74, 6) is -0.371. The molecule has 24 heavy (non-hydrogen) atoms. The molecule has 0 radical (unpaired) electrons. The van der Waals surface area contributed by atoms with Gasteiger partial charge in [0.15, 0.2) is 11.1 Å². The number of carbonyl (C=O) groups is 1. The fourth-order valence-electron chi connectivity index (χ4n) is 2.12. The highest BCUT2D eigenvalue weighted by Gasteiger charge is 2.05. The average molecular weight is 345 g/mol. The van der Waals surface area contributed by atoms with Crippen LogP contribution in [0.5, 0.6) is 0 Å². The van der Waals surface area contributed by atoms with Gasteiger partial charge in [-0.05, 0) is 36.6 Å². The first-order valence-electron chi connectivity index (χ1n) is 7.51. The van der Waals surface area contributed by atoms with Crippen molar-refractivity contribution in [1.82, 2.24) is 0 Å². The molecular weight excluding hydrogens is 326 g/mol. The van der Waals surface area contributed by atoms with Crippen LogP contribution in [0.4, 0.5) is 0 Å². The minimum absolute atomic E-state index is 0.276. The second kappa shape index (κ2) is 9.10. The summed E-state index contributed by atoms with van der Waals surface area (Å²) in [7, 11) is 0. The Morgan fingerprint density at radius 1 is 1.08 bits per heavy atom. The fourth-order valence-corrected chi connectivity index (χ4v) is 2.49. The van der Waals surface area contributed by atoms with E-state index in [0.29, 0.717) is 23.4 Å². The second-order valence-electron chi connectivity index (χ2n) is 5.35. The molecule has 0 aliphatic rings. The van der Waals surface area contributed by atoms with Crippen LogP contribution in [-0.4, -0.2) is 20.4 Å². The van der Waals surface area contributed by atoms with Gasteiger partial charge in [0.25, 0.3) is 0 Å². The molecule has 0 heterocycles. The molecule has 0 amide bonds. The summed E-state index contributed by atoms with van der Waals surface area (Å²) in [5.41, 5.74) is 2.66. The summed E-state index contributed by atoms with van der Waals surface area (Å²) in [6.45, 7) is 1.77. The molecule has 1 N–H and O–H groups in total. The van der Waals surface area contributed by atoms with Crippen molar-refractivity contribution < 1.29 is 18.4 Å². The molecule has 0 saturated carbocycles. The second-order valence-corrected chi connectivity index (χ2v) is 6.32. The van der Waals surface area contributed by atoms with Gasteiger partial charge in [0, 0.05) is 6.42 Å². The Morgan fingerprint density at radius 2 is 1.75 bits per heavy atom. The van der Waals surface area contributed by atoms with Crippen molar-refractivity contribution in [3.63, 3.8) is 0 Å². The highest BCUT2D eigenvalue weighted by molar-refractivity contribution is 7.79. The molecule has 6 heteroatoms. The summed E-state index contributed by atoms with van der Waals surface area (Å²) in [5, 5.41) is 3.85. The Kier molecular flexibility index (Phi) is 6.84. The van der Waals surface area contributed by atoms with Gasteiger partial charge >= 0.3 is 5.97 Å². The molecule has 1 unspecified atom stereocenters. The van der Waals surface area contributed by atoms with Crippen molar-refractivity contribution in [2.24, 2.45) is 5.16 Å². The molecule has 0 fully saturated rings. The maximum absolute atomic E-state index is 11.7. The first-order valence-corrected chi connectivity index (χ1v) is 8.62. The summed E-state index contributed by atoms with van der Waals surface area (Å²) >= 11 is -1.98. The zero-order valence-electron chi connectivity index (χ0n) is 13.3. The minimum atomic E-state index is -1.98. The van der Waals surface area contributed by atoms with Crippen LogP contribution < -0.4 is 0 Å². The molecule has 0 spiro atoms. The van der Waals surface area contributed by atoms with Crippen LogP contribution in [0, 0.1) is 0 Å². The molecule has 0 saturated heterocycles. The standard InChI is InChI=1S/C18H19NO4S/c1-14(13-16-7-10-17(11-8-16)24(21)22)19-23-18(20)12-9-15-5-3-2-4-6-15/h2-8,10-11H,9,12-13H2,1H3,(H,21,22)/b19-14+. The average Bonchev–Trinajstić information content (AvgIpc) is 2.59. The van der Waals surface area contributed by atoms with Crippen LogP contribution in [0.25, 0.3) is 0 Å². The van der Waals surface area contributed by atoms with E-state index in [-0.39, 0.29) is 12.4 Å². The van der Waals surface area contributed by atoms with Crippen LogP contribution >= 0.6 is 0 Å². The summed E-state index contributed by atoms with van der Waals surface area (Å²) in [4.78, 5) is 17.0. The van der Waals surface area contributed by atoms with Crippen molar-refractivity contribution in [2.45, 2.75) is 31.1 Å². The van der Waals surface area contributed by atoms with Crippen molar-refractivity contribution in [1.29, 1.82) is 0 Å². The topological polar surface area (TPSA) is 76.0 Å². The lowest BCUT2D eigenvalue weighted by Crippen LogP contribution is -2.05. The first kappa shape index (κ1) is 18.0. The van der Waals surface area contributed by atoms with E-state index < -0.39 is 11.1 Å². The van der Waals surface area contributed by atoms with Crippen molar-refractivity contribution in [3.8, 4) is 0 Å². The van der Waals surface area contributed by atoms with E-state index in [4.69, 9.17) is 9.39 Å². The van der Waals surface area contributed by atoms with E-state index in [2.05, 4.69) is 5.16 Å². The Balaban J connectivity index is 1.80. The van der Waals surface area contributed by atoms with Gasteiger partial charge in [-0.15, -0.1) is 0 Å². The number of nitrogens with zero attached hydrogens (tertiary/aromatic N) is 1. The smallest absolute Gasteiger partial charge is 0.318 e. The lowest BCUT2D eigenvalue weighted by Gasteiger charge is -2.03. The third kappa shape index (κ3) is 6.06. The summed E-state index contributed by atoms with van der Waals surface area (Å²) in [6.07, 6.45) is 1.40. The predicted octanol–water partition coefficient (Wildman–Crippen LogP) is 3.36. The lowest BCUT2D eigenvalue weighted by atomic mass is 10.1. The van der Waals surface area contributed by atoms with Gasteiger partial charge in [0.05, 0.1) is 17.0 Å². The molecule has 2 aromatic rings. The maximum Gasteiger partial charge on any atom is 0.335 e. The molecule has 126 valence electrons. The highest BCUT2D eigenvalue weighted by Crippen LogP contribution is 2.09. The third-order valence-corrected chi connectivity index (χ3v) is 4.02. The van der Waals surface area contributed by atoms with Gasteiger partial charge in [0.2, 0.25) is 0 Å². The third-order valence-electron chi connectivity index (χ3n) is 3.35. The number of aryl methyl sites for hydroxylation is 1. The van der Waals surface area contributed by atoms with Crippen LogP contribution in [-0.2, 0) is 33.6 Å². The number of hydrogen-bond acceptors (Lipinski definition) is 4. The van der Waals surface area contributed by atoms with E-state index in [1.54, 1.807) is 31.2 Å². The van der Waals surface area contributed by atoms with Crippen molar-refractivity contribution in [2.75, 3.05) is 0 Å². The molecule has 2 aromatic carbocycles. The van der Waals surface area contributed by atoms with Crippen LogP contribution in [0.3, 0.4) is 0 Å². The van der Waals surface area contributed by atoms with Crippen LogP contribution in [0.2, 0.25) is 0 Å². The highest BCUT2D eigenvalue weighted by atomic mass is 32.2. The predicted molar refractivity (Wildman–Crippen MR) is 93.1 cm³/mol. The summed E-state index contributed by atoms with van der Waals surface area (Å²) < 4.78 is 19.9. The maximum atomic E-state index is 11.7. The van der Waals surface area contributed by atoms with Gasteiger partial charge in [-0.3, -0.25) is 0 Å². The molecule has 1 atom stereocenters. The zero-order valence-corrected chi connectivity index (χ0v) is 14.2. The molecular formula is C18H19NO4S. The fraction of sp³-hybridized carbons (Fsp3) is 0.222. The van der Waals surface area contributed by atoms with Gasteiger partial charge in [-0.25, -0.2) is 9.00 Å². The zero-order chi connectivity index (χ0) is 17.4. The van der Waals surface area contributed by atoms with Gasteiger partial charge in [0.1, 0.15) is 0 Å². The minimum Gasteiger partial charge on any atom is -0.318 e. The van der Waals surface area contributed by atoms with Crippen molar-refractivity contribution >= 4 is 22.8 Å². The molecule has 0 aromatic heterocycles. The van der Waals surface area contributed by atoms with Crippen LogP contribution in [0.15, 0.2) is 64.6 Å². The summed E-state index contributed by atoms with van der Waals surface area (Å²) in [6, 6.07) is 16.4. The molecule has 5 nitrogen and oxygen atoms in total. The van der Waals surface area contributed by atoms with Crippen molar-refractivity contribution in [3.05, 3.63) is 65.7 Å². The van der Waals surface area contributed by atoms with E-state index in [1.807, 2.05) is 30.3 Å².